The Hall–Kier alpha value is -2.35. The van der Waals surface area contributed by atoms with Crippen molar-refractivity contribution in [1.29, 1.82) is 0 Å². The SMILES string of the molecule is COc1cc(C(OC2CCCCC2)c2cc(C)cc(C)c2)c(Oc2c(Br)cc(CC(=O)O)cc2Br)cc1C(C)C. The molecule has 1 aliphatic rings. The highest BCUT2D eigenvalue weighted by atomic mass is 79.9. The molecule has 3 aromatic carbocycles. The lowest BCUT2D eigenvalue weighted by Gasteiger charge is -2.30. The number of carboxylic acids is 1. The maximum Gasteiger partial charge on any atom is 0.307 e. The molecule has 0 amide bonds. The Morgan fingerprint density at radius 2 is 1.50 bits per heavy atom. The number of methoxy groups -OCH3 is 1. The molecule has 0 heterocycles. The van der Waals surface area contributed by atoms with Crippen molar-refractivity contribution >= 4 is 37.8 Å². The number of halogens is 2. The minimum atomic E-state index is -0.886. The molecule has 0 radical (unpaired) electrons. The van der Waals surface area contributed by atoms with E-state index in [0.717, 1.165) is 35.3 Å². The number of carboxylic acid groups (broad SMARTS) is 1. The van der Waals surface area contributed by atoms with Gasteiger partial charge in [0.2, 0.25) is 0 Å². The smallest absolute Gasteiger partial charge is 0.307 e. The summed E-state index contributed by atoms with van der Waals surface area (Å²) in [7, 11) is 1.70. The van der Waals surface area contributed by atoms with E-state index in [0.29, 0.717) is 26.0 Å². The number of hydrogen-bond donors (Lipinski definition) is 1. The van der Waals surface area contributed by atoms with Crippen LogP contribution in [0, 0.1) is 13.8 Å². The fraction of sp³-hybridized carbons (Fsp3) is 0.424. The lowest BCUT2D eigenvalue weighted by molar-refractivity contribution is -0.136. The lowest BCUT2D eigenvalue weighted by atomic mass is 9.92. The Morgan fingerprint density at radius 1 is 0.900 bits per heavy atom. The number of rotatable bonds is 10. The normalized spacial score (nSPS) is 14.8. The van der Waals surface area contributed by atoms with Gasteiger partial charge in [0.1, 0.15) is 17.6 Å². The summed E-state index contributed by atoms with van der Waals surface area (Å²) < 4.78 is 20.9. The first kappa shape index (κ1) is 30.6. The largest absolute Gasteiger partial charge is 0.496 e. The van der Waals surface area contributed by atoms with Gasteiger partial charge in [0.25, 0.3) is 0 Å². The van der Waals surface area contributed by atoms with Crippen LogP contribution in [-0.2, 0) is 16.0 Å². The molecular weight excluding hydrogens is 636 g/mol. The molecule has 1 aliphatic carbocycles. The highest BCUT2D eigenvalue weighted by Crippen LogP contribution is 2.46. The third-order valence-corrected chi connectivity index (χ3v) is 8.50. The molecule has 1 saturated carbocycles. The van der Waals surface area contributed by atoms with E-state index in [1.54, 1.807) is 19.2 Å². The molecule has 0 bridgehead atoms. The highest BCUT2D eigenvalue weighted by molar-refractivity contribution is 9.11. The third-order valence-electron chi connectivity index (χ3n) is 7.32. The number of carbonyl (C=O) groups is 1. The zero-order chi connectivity index (χ0) is 29.0. The molecule has 3 aromatic rings. The Morgan fingerprint density at radius 3 is 2.05 bits per heavy atom. The van der Waals surface area contributed by atoms with E-state index in [1.165, 1.54) is 30.4 Å². The summed E-state index contributed by atoms with van der Waals surface area (Å²) in [5.41, 5.74) is 6.05. The zero-order valence-electron chi connectivity index (χ0n) is 23.9. The van der Waals surface area contributed by atoms with E-state index < -0.39 is 5.97 Å². The maximum absolute atomic E-state index is 11.3. The van der Waals surface area contributed by atoms with E-state index in [2.05, 4.69) is 89.9 Å². The van der Waals surface area contributed by atoms with Crippen molar-refractivity contribution < 1.29 is 24.1 Å². The average Bonchev–Trinajstić information content (AvgIpc) is 2.88. The second kappa shape index (κ2) is 13.5. The molecular formula is C33H38Br2O5. The van der Waals surface area contributed by atoms with Gasteiger partial charge in [-0.15, -0.1) is 0 Å². The van der Waals surface area contributed by atoms with Crippen molar-refractivity contribution in [2.24, 2.45) is 0 Å². The number of hydrogen-bond acceptors (Lipinski definition) is 4. The molecule has 0 saturated heterocycles. The Kier molecular flexibility index (Phi) is 10.4. The summed E-state index contributed by atoms with van der Waals surface area (Å²) in [6.07, 6.45) is 5.42. The van der Waals surface area contributed by atoms with Crippen molar-refractivity contribution in [3.63, 3.8) is 0 Å². The summed E-state index contributed by atoms with van der Waals surface area (Å²) in [5, 5.41) is 9.28. The van der Waals surface area contributed by atoms with Crippen molar-refractivity contribution in [2.45, 2.75) is 84.3 Å². The van der Waals surface area contributed by atoms with Crippen LogP contribution in [-0.4, -0.2) is 24.3 Å². The van der Waals surface area contributed by atoms with Gasteiger partial charge in [-0.3, -0.25) is 4.79 Å². The minimum Gasteiger partial charge on any atom is -0.496 e. The van der Waals surface area contributed by atoms with Gasteiger partial charge in [0.15, 0.2) is 5.75 Å². The quantitative estimate of drug-likeness (QED) is 0.232. The van der Waals surface area contributed by atoms with Crippen LogP contribution in [0.3, 0.4) is 0 Å². The fourth-order valence-corrected chi connectivity index (χ4v) is 6.94. The van der Waals surface area contributed by atoms with Gasteiger partial charge >= 0.3 is 5.97 Å². The van der Waals surface area contributed by atoms with Crippen LogP contribution in [0.1, 0.15) is 91.4 Å². The van der Waals surface area contributed by atoms with Crippen molar-refractivity contribution in [3.05, 3.63) is 84.8 Å². The van der Waals surface area contributed by atoms with Crippen LogP contribution in [0.2, 0.25) is 0 Å². The molecule has 1 atom stereocenters. The molecule has 1 fully saturated rings. The van der Waals surface area contributed by atoms with Crippen LogP contribution in [0.15, 0.2) is 51.4 Å². The number of ether oxygens (including phenoxy) is 3. The van der Waals surface area contributed by atoms with Gasteiger partial charge in [-0.1, -0.05) is 62.4 Å². The lowest BCUT2D eigenvalue weighted by Crippen LogP contribution is -2.21. The van der Waals surface area contributed by atoms with Crippen LogP contribution >= 0.6 is 31.9 Å². The van der Waals surface area contributed by atoms with Crippen LogP contribution in [0.25, 0.3) is 0 Å². The van der Waals surface area contributed by atoms with Gasteiger partial charge in [0.05, 0.1) is 28.6 Å². The van der Waals surface area contributed by atoms with Gasteiger partial charge in [-0.25, -0.2) is 0 Å². The Labute approximate surface area is 254 Å². The Balaban J connectivity index is 1.88. The molecule has 0 aliphatic heterocycles. The van der Waals surface area contributed by atoms with E-state index >= 15 is 0 Å². The molecule has 0 aromatic heterocycles. The predicted octanol–water partition coefficient (Wildman–Crippen LogP) is 9.82. The molecule has 7 heteroatoms. The zero-order valence-corrected chi connectivity index (χ0v) is 27.0. The van der Waals surface area contributed by atoms with Crippen molar-refractivity contribution in [2.75, 3.05) is 7.11 Å². The number of aliphatic carboxylic acids is 1. The van der Waals surface area contributed by atoms with Gasteiger partial charge in [-0.05, 0) is 99.9 Å². The van der Waals surface area contributed by atoms with E-state index in [4.69, 9.17) is 14.2 Å². The maximum atomic E-state index is 11.3. The predicted molar refractivity (Wildman–Crippen MR) is 166 cm³/mol. The summed E-state index contributed by atoms with van der Waals surface area (Å²) >= 11 is 7.24. The van der Waals surface area contributed by atoms with E-state index in [-0.39, 0.29) is 24.5 Å². The fourth-order valence-electron chi connectivity index (χ4n) is 5.50. The van der Waals surface area contributed by atoms with E-state index in [1.807, 2.05) is 0 Å². The second-order valence-corrected chi connectivity index (χ2v) is 12.8. The summed E-state index contributed by atoms with van der Waals surface area (Å²) in [6, 6.07) is 14.3. The second-order valence-electron chi connectivity index (χ2n) is 11.0. The minimum absolute atomic E-state index is 0.0766. The topological polar surface area (TPSA) is 65.0 Å². The third kappa shape index (κ3) is 7.48. The number of benzene rings is 3. The monoisotopic (exact) mass is 672 g/mol. The van der Waals surface area contributed by atoms with Gasteiger partial charge in [0, 0.05) is 11.1 Å². The first-order valence-corrected chi connectivity index (χ1v) is 15.5. The van der Waals surface area contributed by atoms with Crippen molar-refractivity contribution in [3.8, 4) is 17.2 Å². The average molecular weight is 674 g/mol. The molecule has 40 heavy (non-hydrogen) atoms. The van der Waals surface area contributed by atoms with Gasteiger partial charge in [-0.2, -0.15) is 0 Å². The van der Waals surface area contributed by atoms with E-state index in [9.17, 15) is 9.90 Å². The molecule has 5 nitrogen and oxygen atoms in total. The van der Waals surface area contributed by atoms with Crippen molar-refractivity contribution in [1.82, 2.24) is 0 Å². The summed E-state index contributed by atoms with van der Waals surface area (Å²) in [4.78, 5) is 11.3. The molecule has 0 spiro atoms. The summed E-state index contributed by atoms with van der Waals surface area (Å²) in [6.45, 7) is 8.49. The molecule has 214 valence electrons. The summed E-state index contributed by atoms with van der Waals surface area (Å²) in [5.74, 6) is 1.37. The highest BCUT2D eigenvalue weighted by Gasteiger charge is 2.28. The van der Waals surface area contributed by atoms with Crippen LogP contribution < -0.4 is 9.47 Å². The molecule has 4 rings (SSSR count). The number of aryl methyl sites for hydroxylation is 2. The van der Waals surface area contributed by atoms with Gasteiger partial charge < -0.3 is 19.3 Å². The molecule has 1 N–H and O–H groups in total. The first-order valence-electron chi connectivity index (χ1n) is 13.9. The standard InChI is InChI=1S/C33H38Br2O5/c1-19(2)25-17-30(40-33-27(34)14-22(15-28(33)35)16-31(36)37)26(18-29(25)38-5)32(39-24-9-7-6-8-10-24)23-12-20(3)11-21(4)13-23/h11-15,17-19,24,32H,6-10,16H2,1-5H3,(H,36,37). The first-order chi connectivity index (χ1) is 19.0. The van der Waals surface area contributed by atoms with Crippen LogP contribution in [0.4, 0.5) is 0 Å². The molecule has 1 unspecified atom stereocenters. The van der Waals surface area contributed by atoms with Crippen LogP contribution in [0.5, 0.6) is 17.2 Å². The Bertz CT molecular complexity index is 1320.